The van der Waals surface area contributed by atoms with E-state index >= 15 is 0 Å². The molecule has 18 heavy (non-hydrogen) atoms. The molecule has 1 aliphatic heterocycles. The number of nitrogens with two attached hydrogens (primary N) is 1. The SMILES string of the molecule is CCCC1CCN(c2ncc(CN)cc2Cl)CC1. The van der Waals surface area contributed by atoms with Gasteiger partial charge >= 0.3 is 0 Å². The van der Waals surface area contributed by atoms with Gasteiger partial charge in [0.1, 0.15) is 5.82 Å². The van der Waals surface area contributed by atoms with Gasteiger partial charge in [-0.1, -0.05) is 31.4 Å². The van der Waals surface area contributed by atoms with Gasteiger partial charge in [-0.3, -0.25) is 0 Å². The molecule has 0 spiro atoms. The molecular weight excluding hydrogens is 246 g/mol. The van der Waals surface area contributed by atoms with Crippen LogP contribution in [0.3, 0.4) is 0 Å². The van der Waals surface area contributed by atoms with Crippen LogP contribution in [0.2, 0.25) is 5.02 Å². The molecular formula is C14H22ClN3. The molecule has 2 N–H and O–H groups in total. The number of piperidine rings is 1. The van der Waals surface area contributed by atoms with Crippen molar-refractivity contribution in [3.05, 3.63) is 22.8 Å². The van der Waals surface area contributed by atoms with Crippen LogP contribution in [0, 0.1) is 5.92 Å². The molecule has 100 valence electrons. The topological polar surface area (TPSA) is 42.2 Å². The normalized spacial score (nSPS) is 17.2. The molecule has 1 aromatic rings. The van der Waals surface area contributed by atoms with Gasteiger partial charge in [0, 0.05) is 25.8 Å². The van der Waals surface area contributed by atoms with Crippen molar-refractivity contribution in [3.63, 3.8) is 0 Å². The lowest BCUT2D eigenvalue weighted by Crippen LogP contribution is -2.34. The van der Waals surface area contributed by atoms with E-state index < -0.39 is 0 Å². The highest BCUT2D eigenvalue weighted by atomic mass is 35.5. The Morgan fingerprint density at radius 1 is 1.44 bits per heavy atom. The predicted molar refractivity (Wildman–Crippen MR) is 77.0 cm³/mol. The molecule has 3 nitrogen and oxygen atoms in total. The van der Waals surface area contributed by atoms with Crippen LogP contribution in [0.1, 0.15) is 38.2 Å². The summed E-state index contributed by atoms with van der Waals surface area (Å²) in [6.07, 6.45) is 6.98. The fourth-order valence-corrected chi connectivity index (χ4v) is 2.96. The van der Waals surface area contributed by atoms with Crippen LogP contribution in [0.4, 0.5) is 5.82 Å². The summed E-state index contributed by atoms with van der Waals surface area (Å²) in [6, 6.07) is 1.93. The fourth-order valence-electron chi connectivity index (χ4n) is 2.66. The molecule has 0 bridgehead atoms. The summed E-state index contributed by atoms with van der Waals surface area (Å²) in [4.78, 5) is 6.76. The molecule has 0 amide bonds. The molecule has 0 aliphatic carbocycles. The Labute approximate surface area is 114 Å². The Morgan fingerprint density at radius 2 is 2.17 bits per heavy atom. The lowest BCUT2D eigenvalue weighted by Gasteiger charge is -2.33. The van der Waals surface area contributed by atoms with Gasteiger partial charge in [-0.15, -0.1) is 0 Å². The van der Waals surface area contributed by atoms with Crippen LogP contribution in [-0.4, -0.2) is 18.1 Å². The maximum absolute atomic E-state index is 6.28. The monoisotopic (exact) mass is 267 g/mol. The smallest absolute Gasteiger partial charge is 0.147 e. The third-order valence-electron chi connectivity index (χ3n) is 3.73. The third-order valence-corrected chi connectivity index (χ3v) is 4.00. The number of rotatable bonds is 4. The van der Waals surface area contributed by atoms with Gasteiger partial charge in [0.15, 0.2) is 0 Å². The van der Waals surface area contributed by atoms with Gasteiger partial charge in [0.2, 0.25) is 0 Å². The molecule has 0 saturated carbocycles. The predicted octanol–water partition coefficient (Wildman–Crippen LogP) is 3.21. The molecule has 0 unspecified atom stereocenters. The molecule has 1 saturated heterocycles. The van der Waals surface area contributed by atoms with E-state index in [4.69, 9.17) is 17.3 Å². The first-order chi connectivity index (χ1) is 8.74. The highest BCUT2D eigenvalue weighted by Gasteiger charge is 2.21. The highest BCUT2D eigenvalue weighted by molar-refractivity contribution is 6.33. The number of hydrogen-bond acceptors (Lipinski definition) is 3. The van der Waals surface area contributed by atoms with E-state index in [1.54, 1.807) is 0 Å². The second-order valence-corrected chi connectivity index (χ2v) is 5.48. The van der Waals surface area contributed by atoms with Crippen molar-refractivity contribution in [2.75, 3.05) is 18.0 Å². The van der Waals surface area contributed by atoms with Crippen LogP contribution in [0.5, 0.6) is 0 Å². The number of hydrogen-bond donors (Lipinski definition) is 1. The number of nitrogens with zero attached hydrogens (tertiary/aromatic N) is 2. The van der Waals surface area contributed by atoms with Crippen molar-refractivity contribution in [1.29, 1.82) is 0 Å². The number of aromatic nitrogens is 1. The van der Waals surface area contributed by atoms with E-state index in [0.29, 0.717) is 6.54 Å². The molecule has 0 atom stereocenters. The second-order valence-electron chi connectivity index (χ2n) is 5.07. The largest absolute Gasteiger partial charge is 0.355 e. The molecule has 1 fully saturated rings. The van der Waals surface area contributed by atoms with E-state index in [9.17, 15) is 0 Å². The van der Waals surface area contributed by atoms with Crippen LogP contribution in [0.15, 0.2) is 12.3 Å². The Bertz CT molecular complexity index is 387. The van der Waals surface area contributed by atoms with Gasteiger partial charge in [0.25, 0.3) is 0 Å². The summed E-state index contributed by atoms with van der Waals surface area (Å²) in [5.74, 6) is 1.80. The van der Waals surface area contributed by atoms with E-state index in [-0.39, 0.29) is 0 Å². The molecule has 4 heteroatoms. The molecule has 2 heterocycles. The van der Waals surface area contributed by atoms with Gasteiger partial charge in [-0.2, -0.15) is 0 Å². The first kappa shape index (κ1) is 13.6. The Morgan fingerprint density at radius 3 is 2.72 bits per heavy atom. The number of halogens is 1. The molecule has 1 aliphatic rings. The van der Waals surface area contributed by atoms with E-state index in [1.807, 2.05) is 12.3 Å². The van der Waals surface area contributed by atoms with Gasteiger partial charge < -0.3 is 10.6 Å². The zero-order valence-electron chi connectivity index (χ0n) is 11.0. The summed E-state index contributed by atoms with van der Waals surface area (Å²) in [5, 5.41) is 0.729. The summed E-state index contributed by atoms with van der Waals surface area (Å²) >= 11 is 6.28. The van der Waals surface area contributed by atoms with Crippen molar-refractivity contribution < 1.29 is 0 Å². The molecule has 1 aromatic heterocycles. The van der Waals surface area contributed by atoms with Crippen molar-refractivity contribution in [3.8, 4) is 0 Å². The van der Waals surface area contributed by atoms with Crippen molar-refractivity contribution in [2.45, 2.75) is 39.2 Å². The first-order valence-electron chi connectivity index (χ1n) is 6.84. The average Bonchev–Trinajstić information content (AvgIpc) is 2.40. The van der Waals surface area contributed by atoms with Crippen molar-refractivity contribution >= 4 is 17.4 Å². The minimum atomic E-state index is 0.492. The standard InChI is InChI=1S/C14H22ClN3/c1-2-3-11-4-6-18(7-5-11)14-13(15)8-12(9-16)10-17-14/h8,10-11H,2-7,9,16H2,1H3. The maximum atomic E-state index is 6.28. The van der Waals surface area contributed by atoms with Gasteiger partial charge in [0.05, 0.1) is 5.02 Å². The average molecular weight is 268 g/mol. The second kappa shape index (κ2) is 6.39. The summed E-state index contributed by atoms with van der Waals surface area (Å²) < 4.78 is 0. The minimum absolute atomic E-state index is 0.492. The van der Waals surface area contributed by atoms with Crippen molar-refractivity contribution in [2.24, 2.45) is 11.7 Å². The lowest BCUT2D eigenvalue weighted by atomic mass is 9.92. The van der Waals surface area contributed by atoms with E-state index in [0.717, 1.165) is 35.4 Å². The van der Waals surface area contributed by atoms with Gasteiger partial charge in [-0.05, 0) is 30.4 Å². The summed E-state index contributed by atoms with van der Waals surface area (Å²) in [6.45, 7) is 4.89. The number of pyridine rings is 1. The fraction of sp³-hybridized carbons (Fsp3) is 0.643. The summed E-state index contributed by atoms with van der Waals surface area (Å²) in [5.41, 5.74) is 6.58. The van der Waals surface area contributed by atoms with Gasteiger partial charge in [-0.25, -0.2) is 4.98 Å². The zero-order chi connectivity index (χ0) is 13.0. The zero-order valence-corrected chi connectivity index (χ0v) is 11.8. The van der Waals surface area contributed by atoms with Crippen LogP contribution in [-0.2, 0) is 6.54 Å². The lowest BCUT2D eigenvalue weighted by molar-refractivity contribution is 0.377. The van der Waals surface area contributed by atoms with Crippen LogP contribution >= 0.6 is 11.6 Å². The Balaban J connectivity index is 2.01. The molecule has 0 radical (unpaired) electrons. The highest BCUT2D eigenvalue weighted by Crippen LogP contribution is 2.29. The minimum Gasteiger partial charge on any atom is -0.355 e. The molecule has 0 aromatic carbocycles. The van der Waals surface area contributed by atoms with Crippen LogP contribution in [0.25, 0.3) is 0 Å². The Kier molecular flexibility index (Phi) is 4.84. The maximum Gasteiger partial charge on any atom is 0.147 e. The third kappa shape index (κ3) is 3.15. The van der Waals surface area contributed by atoms with Crippen molar-refractivity contribution in [1.82, 2.24) is 4.98 Å². The summed E-state index contributed by atoms with van der Waals surface area (Å²) in [7, 11) is 0. The first-order valence-corrected chi connectivity index (χ1v) is 7.21. The number of anilines is 1. The van der Waals surface area contributed by atoms with E-state index in [2.05, 4.69) is 16.8 Å². The quantitative estimate of drug-likeness (QED) is 0.911. The molecule has 2 rings (SSSR count). The Hall–Kier alpha value is -0.800. The van der Waals surface area contributed by atoms with Crippen LogP contribution < -0.4 is 10.6 Å². The van der Waals surface area contributed by atoms with E-state index in [1.165, 1.54) is 25.7 Å².